The quantitative estimate of drug-likeness (QED) is 0.768. The Morgan fingerprint density at radius 2 is 1.89 bits per heavy atom. The van der Waals surface area contributed by atoms with Crippen LogP contribution in [-0.4, -0.2) is 6.61 Å². The summed E-state index contributed by atoms with van der Waals surface area (Å²) in [5.74, 6) is 0.491. The van der Waals surface area contributed by atoms with E-state index in [9.17, 15) is 0 Å². The lowest BCUT2D eigenvalue weighted by atomic mass is 9.86. The zero-order valence-corrected chi connectivity index (χ0v) is 12.6. The summed E-state index contributed by atoms with van der Waals surface area (Å²) < 4.78 is 7.24. The van der Waals surface area contributed by atoms with Gasteiger partial charge in [0.2, 0.25) is 0 Å². The lowest BCUT2D eigenvalue weighted by molar-refractivity contribution is 0.0163. The molecule has 0 spiro atoms. The zero-order valence-electron chi connectivity index (χ0n) is 11.0. The molecule has 19 heavy (non-hydrogen) atoms. The van der Waals surface area contributed by atoms with Crippen molar-refractivity contribution in [1.29, 1.82) is 0 Å². The van der Waals surface area contributed by atoms with E-state index in [-0.39, 0.29) is 5.60 Å². The van der Waals surface area contributed by atoms with Crippen molar-refractivity contribution in [2.75, 3.05) is 6.61 Å². The number of hydrogen-bond acceptors (Lipinski definition) is 1. The number of hydrogen-bond donors (Lipinski definition) is 0. The number of halogens is 1. The Kier molecular flexibility index (Phi) is 3.46. The van der Waals surface area contributed by atoms with Gasteiger partial charge in [-0.1, -0.05) is 58.4 Å². The zero-order chi connectivity index (χ0) is 13.3. The van der Waals surface area contributed by atoms with Crippen LogP contribution in [0.3, 0.4) is 0 Å². The maximum absolute atomic E-state index is 6.13. The second-order valence-corrected chi connectivity index (χ2v) is 6.28. The van der Waals surface area contributed by atoms with E-state index < -0.39 is 0 Å². The molecule has 0 aromatic heterocycles. The van der Waals surface area contributed by atoms with Gasteiger partial charge >= 0.3 is 0 Å². The van der Waals surface area contributed by atoms with Crippen LogP contribution >= 0.6 is 15.9 Å². The molecule has 0 N–H and O–H groups in total. The number of ether oxygens (including phenoxy) is 1. The molecule has 2 atom stereocenters. The minimum absolute atomic E-state index is 0.176. The molecule has 0 aliphatic carbocycles. The van der Waals surface area contributed by atoms with Crippen LogP contribution in [0.15, 0.2) is 59.1 Å². The van der Waals surface area contributed by atoms with Crippen molar-refractivity contribution in [2.45, 2.75) is 24.9 Å². The average Bonchev–Trinajstić information content (AvgIpc) is 2.84. The smallest absolute Gasteiger partial charge is 0.0910 e. The molecule has 2 aromatic carbocycles. The highest BCUT2D eigenvalue weighted by molar-refractivity contribution is 9.10. The Morgan fingerprint density at radius 3 is 2.63 bits per heavy atom. The van der Waals surface area contributed by atoms with E-state index in [0.717, 1.165) is 17.5 Å². The Bertz CT molecular complexity index is 566. The Morgan fingerprint density at radius 1 is 1.11 bits per heavy atom. The average molecular weight is 317 g/mol. The molecule has 0 bridgehead atoms. The first-order chi connectivity index (χ1) is 9.17. The second-order valence-electron chi connectivity index (χ2n) is 5.36. The molecule has 1 heterocycles. The molecule has 2 heteroatoms. The van der Waals surface area contributed by atoms with Crippen LogP contribution in [0.2, 0.25) is 0 Å². The first-order valence-corrected chi connectivity index (χ1v) is 7.42. The third-order valence-electron chi connectivity index (χ3n) is 3.95. The van der Waals surface area contributed by atoms with Gasteiger partial charge in [0.1, 0.15) is 0 Å². The Labute approximate surface area is 122 Å². The molecule has 1 nitrogen and oxygen atoms in total. The van der Waals surface area contributed by atoms with Gasteiger partial charge in [-0.3, -0.25) is 0 Å². The Balaban J connectivity index is 1.85. The summed E-state index contributed by atoms with van der Waals surface area (Å²) in [5.41, 5.74) is 2.45. The summed E-state index contributed by atoms with van der Waals surface area (Å²) in [6, 6.07) is 19.1. The number of rotatable bonds is 2. The SMILES string of the molecule is C[C@]1(c2cccc(Br)c2)C[C@@H](c2ccccc2)CO1. The van der Waals surface area contributed by atoms with Crippen molar-refractivity contribution < 1.29 is 4.74 Å². The molecular weight excluding hydrogens is 300 g/mol. The first kappa shape index (κ1) is 12.9. The highest BCUT2D eigenvalue weighted by atomic mass is 79.9. The molecule has 98 valence electrons. The van der Waals surface area contributed by atoms with E-state index in [0.29, 0.717) is 5.92 Å². The standard InChI is InChI=1S/C17H17BrO/c1-17(15-8-5-9-16(18)10-15)11-14(12-19-17)13-6-3-2-4-7-13/h2-10,14H,11-12H2,1H3/t14-,17-/m1/s1. The van der Waals surface area contributed by atoms with Crippen molar-refractivity contribution in [1.82, 2.24) is 0 Å². The molecular formula is C17H17BrO. The van der Waals surface area contributed by atoms with Crippen LogP contribution < -0.4 is 0 Å². The van der Waals surface area contributed by atoms with E-state index in [4.69, 9.17) is 4.74 Å². The topological polar surface area (TPSA) is 9.23 Å². The maximum Gasteiger partial charge on any atom is 0.0910 e. The summed E-state index contributed by atoms with van der Waals surface area (Å²) in [6.07, 6.45) is 1.04. The molecule has 1 aliphatic heterocycles. The van der Waals surface area contributed by atoms with Gasteiger partial charge < -0.3 is 4.74 Å². The van der Waals surface area contributed by atoms with Gasteiger partial charge in [0.25, 0.3) is 0 Å². The van der Waals surface area contributed by atoms with Crippen LogP contribution in [0.5, 0.6) is 0 Å². The minimum atomic E-state index is -0.176. The van der Waals surface area contributed by atoms with Crippen LogP contribution in [0.4, 0.5) is 0 Å². The highest BCUT2D eigenvalue weighted by Gasteiger charge is 2.38. The van der Waals surface area contributed by atoms with Gasteiger partial charge in [0, 0.05) is 10.4 Å². The van der Waals surface area contributed by atoms with E-state index in [1.807, 2.05) is 0 Å². The normalized spacial score (nSPS) is 26.5. The number of benzene rings is 2. The monoisotopic (exact) mass is 316 g/mol. The first-order valence-electron chi connectivity index (χ1n) is 6.62. The van der Waals surface area contributed by atoms with Crippen molar-refractivity contribution in [3.8, 4) is 0 Å². The fourth-order valence-electron chi connectivity index (χ4n) is 2.83. The van der Waals surface area contributed by atoms with Crippen molar-refractivity contribution in [3.63, 3.8) is 0 Å². The van der Waals surface area contributed by atoms with Crippen LogP contribution in [0, 0.1) is 0 Å². The van der Waals surface area contributed by atoms with Crippen molar-refractivity contribution in [3.05, 3.63) is 70.2 Å². The summed E-state index contributed by atoms with van der Waals surface area (Å²) >= 11 is 3.54. The van der Waals surface area contributed by atoms with E-state index in [1.54, 1.807) is 0 Å². The summed E-state index contributed by atoms with van der Waals surface area (Å²) in [4.78, 5) is 0. The molecule has 0 amide bonds. The van der Waals surface area contributed by atoms with E-state index >= 15 is 0 Å². The predicted octanol–water partition coefficient (Wildman–Crippen LogP) is 4.87. The third kappa shape index (κ3) is 2.60. The Hall–Kier alpha value is -1.12. The molecule has 1 fully saturated rings. The van der Waals surface area contributed by atoms with Crippen molar-refractivity contribution >= 4 is 15.9 Å². The largest absolute Gasteiger partial charge is 0.370 e. The minimum Gasteiger partial charge on any atom is -0.370 e. The van der Waals surface area contributed by atoms with Crippen LogP contribution in [0.25, 0.3) is 0 Å². The highest BCUT2D eigenvalue weighted by Crippen LogP contribution is 2.43. The summed E-state index contributed by atoms with van der Waals surface area (Å²) in [6.45, 7) is 2.99. The summed E-state index contributed by atoms with van der Waals surface area (Å²) in [7, 11) is 0. The fraction of sp³-hybridized carbons (Fsp3) is 0.294. The molecule has 1 aliphatic rings. The van der Waals surface area contributed by atoms with E-state index in [1.165, 1.54) is 11.1 Å². The molecule has 0 unspecified atom stereocenters. The molecule has 3 rings (SSSR count). The van der Waals surface area contributed by atoms with E-state index in [2.05, 4.69) is 77.5 Å². The second kappa shape index (κ2) is 5.10. The predicted molar refractivity (Wildman–Crippen MR) is 81.2 cm³/mol. The van der Waals surface area contributed by atoms with Gasteiger partial charge in [0.05, 0.1) is 12.2 Å². The molecule has 1 saturated heterocycles. The lowest BCUT2D eigenvalue weighted by Gasteiger charge is -2.24. The van der Waals surface area contributed by atoms with Crippen LogP contribution in [-0.2, 0) is 10.3 Å². The van der Waals surface area contributed by atoms with Gasteiger partial charge in [-0.2, -0.15) is 0 Å². The van der Waals surface area contributed by atoms with Gasteiger partial charge in [-0.25, -0.2) is 0 Å². The maximum atomic E-state index is 6.13. The third-order valence-corrected chi connectivity index (χ3v) is 4.44. The molecule has 2 aromatic rings. The van der Waals surface area contributed by atoms with Gasteiger partial charge in [-0.05, 0) is 36.6 Å². The summed E-state index contributed by atoms with van der Waals surface area (Å²) in [5, 5.41) is 0. The lowest BCUT2D eigenvalue weighted by Crippen LogP contribution is -2.19. The molecule has 0 radical (unpaired) electrons. The van der Waals surface area contributed by atoms with Crippen molar-refractivity contribution in [2.24, 2.45) is 0 Å². The molecule has 0 saturated carbocycles. The van der Waals surface area contributed by atoms with Crippen LogP contribution in [0.1, 0.15) is 30.4 Å². The van der Waals surface area contributed by atoms with Gasteiger partial charge in [0.15, 0.2) is 0 Å². The van der Waals surface area contributed by atoms with Gasteiger partial charge in [-0.15, -0.1) is 0 Å². The fourth-order valence-corrected chi connectivity index (χ4v) is 3.23.